The van der Waals surface area contributed by atoms with Crippen LogP contribution >= 0.6 is 0 Å². The molecule has 166 valence electrons. The number of amides is 1. The molecule has 1 amide bonds. The zero-order valence-electron chi connectivity index (χ0n) is 17.1. The normalized spacial score (nSPS) is 14.5. The SMILES string of the molecule is Cc1ccc(OCC(=O)N2CCN(c3ccc(C(F)(F)F)cc3[N+](=O)[O-])CC2)cc1C. The van der Waals surface area contributed by atoms with E-state index < -0.39 is 22.4 Å². The van der Waals surface area contributed by atoms with Gasteiger partial charge < -0.3 is 14.5 Å². The first kappa shape index (κ1) is 22.4. The van der Waals surface area contributed by atoms with Crippen LogP contribution in [0, 0.1) is 24.0 Å². The third-order valence-electron chi connectivity index (χ3n) is 5.31. The van der Waals surface area contributed by atoms with Crippen LogP contribution in [-0.2, 0) is 11.0 Å². The second-order valence-electron chi connectivity index (χ2n) is 7.36. The molecule has 1 fully saturated rings. The Morgan fingerprint density at radius 3 is 2.32 bits per heavy atom. The van der Waals surface area contributed by atoms with Gasteiger partial charge in [-0.2, -0.15) is 13.2 Å². The third-order valence-corrected chi connectivity index (χ3v) is 5.31. The van der Waals surface area contributed by atoms with Crippen molar-refractivity contribution in [2.45, 2.75) is 20.0 Å². The molecule has 7 nitrogen and oxygen atoms in total. The van der Waals surface area contributed by atoms with Gasteiger partial charge >= 0.3 is 6.18 Å². The van der Waals surface area contributed by atoms with E-state index in [1.165, 1.54) is 0 Å². The summed E-state index contributed by atoms with van der Waals surface area (Å²) in [6, 6.07) is 8.04. The van der Waals surface area contributed by atoms with Gasteiger partial charge in [-0.05, 0) is 49.2 Å². The summed E-state index contributed by atoms with van der Waals surface area (Å²) < 4.78 is 44.2. The lowest BCUT2D eigenvalue weighted by Crippen LogP contribution is -2.50. The molecule has 0 N–H and O–H groups in total. The average molecular weight is 437 g/mol. The monoisotopic (exact) mass is 437 g/mol. The minimum atomic E-state index is -4.66. The quantitative estimate of drug-likeness (QED) is 0.523. The van der Waals surface area contributed by atoms with Crippen LogP contribution in [0.2, 0.25) is 0 Å². The lowest BCUT2D eigenvalue weighted by Gasteiger charge is -2.35. The van der Waals surface area contributed by atoms with E-state index in [4.69, 9.17) is 4.74 Å². The smallest absolute Gasteiger partial charge is 0.416 e. The maximum atomic E-state index is 12.9. The molecule has 0 aromatic heterocycles. The number of rotatable bonds is 5. The van der Waals surface area contributed by atoms with Crippen molar-refractivity contribution in [3.63, 3.8) is 0 Å². The van der Waals surface area contributed by atoms with Crippen molar-refractivity contribution in [1.82, 2.24) is 4.90 Å². The van der Waals surface area contributed by atoms with E-state index in [-0.39, 0.29) is 44.4 Å². The molecular formula is C21H22F3N3O4. The molecule has 0 saturated carbocycles. The summed E-state index contributed by atoms with van der Waals surface area (Å²) in [5.74, 6) is 0.371. The van der Waals surface area contributed by atoms with Crippen LogP contribution < -0.4 is 9.64 Å². The summed E-state index contributed by atoms with van der Waals surface area (Å²) in [6.07, 6.45) is -4.66. The number of ether oxygens (including phenoxy) is 1. The number of carbonyl (C=O) groups excluding carboxylic acids is 1. The van der Waals surface area contributed by atoms with Gasteiger partial charge in [-0.1, -0.05) is 6.07 Å². The topological polar surface area (TPSA) is 75.9 Å². The fourth-order valence-electron chi connectivity index (χ4n) is 3.35. The maximum absolute atomic E-state index is 12.9. The van der Waals surface area contributed by atoms with Crippen molar-refractivity contribution in [1.29, 1.82) is 0 Å². The Morgan fingerprint density at radius 1 is 1.06 bits per heavy atom. The number of alkyl halides is 3. The fraction of sp³-hybridized carbons (Fsp3) is 0.381. The summed E-state index contributed by atoms with van der Waals surface area (Å²) in [6.45, 7) is 4.89. The zero-order valence-corrected chi connectivity index (χ0v) is 17.1. The van der Waals surface area contributed by atoms with Crippen molar-refractivity contribution >= 4 is 17.3 Å². The van der Waals surface area contributed by atoms with Gasteiger partial charge in [-0.3, -0.25) is 14.9 Å². The van der Waals surface area contributed by atoms with Crippen LogP contribution in [0.25, 0.3) is 0 Å². The highest BCUT2D eigenvalue weighted by Gasteiger charge is 2.34. The highest BCUT2D eigenvalue weighted by atomic mass is 19.4. The molecule has 0 aliphatic carbocycles. The van der Waals surface area contributed by atoms with Crippen molar-refractivity contribution in [2.75, 3.05) is 37.7 Å². The van der Waals surface area contributed by atoms with Crippen LogP contribution in [-0.4, -0.2) is 48.5 Å². The Hall–Kier alpha value is -3.30. The van der Waals surface area contributed by atoms with E-state index in [0.29, 0.717) is 11.8 Å². The van der Waals surface area contributed by atoms with E-state index in [0.717, 1.165) is 23.3 Å². The molecule has 2 aromatic rings. The Balaban J connectivity index is 1.61. The Labute approximate surface area is 177 Å². The van der Waals surface area contributed by atoms with Crippen molar-refractivity contribution in [2.24, 2.45) is 0 Å². The van der Waals surface area contributed by atoms with Gasteiger partial charge in [0, 0.05) is 32.2 Å². The minimum Gasteiger partial charge on any atom is -0.484 e. The van der Waals surface area contributed by atoms with Crippen LogP contribution in [0.5, 0.6) is 5.75 Å². The maximum Gasteiger partial charge on any atom is 0.416 e. The van der Waals surface area contributed by atoms with Gasteiger partial charge in [0.1, 0.15) is 11.4 Å². The summed E-state index contributed by atoms with van der Waals surface area (Å²) >= 11 is 0. The highest BCUT2D eigenvalue weighted by Crippen LogP contribution is 2.36. The molecule has 0 bridgehead atoms. The first-order valence-corrected chi connectivity index (χ1v) is 9.64. The summed E-state index contributed by atoms with van der Waals surface area (Å²) in [5.41, 5.74) is 0.605. The first-order chi connectivity index (χ1) is 14.6. The minimum absolute atomic E-state index is 0.108. The van der Waals surface area contributed by atoms with Crippen molar-refractivity contribution in [3.8, 4) is 5.75 Å². The number of nitro groups is 1. The number of hydrogen-bond acceptors (Lipinski definition) is 5. The molecule has 31 heavy (non-hydrogen) atoms. The van der Waals surface area contributed by atoms with Crippen LogP contribution in [0.4, 0.5) is 24.5 Å². The van der Waals surface area contributed by atoms with E-state index >= 15 is 0 Å². The predicted molar refractivity (Wildman–Crippen MR) is 108 cm³/mol. The van der Waals surface area contributed by atoms with Crippen LogP contribution in [0.15, 0.2) is 36.4 Å². The molecule has 1 heterocycles. The Kier molecular flexibility index (Phi) is 6.37. The largest absolute Gasteiger partial charge is 0.484 e. The van der Waals surface area contributed by atoms with Gasteiger partial charge in [0.15, 0.2) is 6.61 Å². The summed E-state index contributed by atoms with van der Waals surface area (Å²) in [5, 5.41) is 11.3. The van der Waals surface area contributed by atoms with Crippen LogP contribution in [0.1, 0.15) is 16.7 Å². The lowest BCUT2D eigenvalue weighted by atomic mass is 10.1. The Bertz CT molecular complexity index is 986. The number of anilines is 1. The number of hydrogen-bond donors (Lipinski definition) is 0. The molecule has 0 unspecified atom stereocenters. The highest BCUT2D eigenvalue weighted by molar-refractivity contribution is 5.78. The van der Waals surface area contributed by atoms with E-state index in [1.807, 2.05) is 26.0 Å². The molecule has 1 aliphatic heterocycles. The van der Waals surface area contributed by atoms with E-state index in [1.54, 1.807) is 15.9 Å². The first-order valence-electron chi connectivity index (χ1n) is 9.64. The number of benzene rings is 2. The lowest BCUT2D eigenvalue weighted by molar-refractivity contribution is -0.384. The molecule has 1 aliphatic rings. The Morgan fingerprint density at radius 2 is 1.74 bits per heavy atom. The predicted octanol–water partition coefficient (Wildman–Crippen LogP) is 3.96. The van der Waals surface area contributed by atoms with E-state index in [2.05, 4.69) is 0 Å². The van der Waals surface area contributed by atoms with Gasteiger partial charge in [0.2, 0.25) is 0 Å². The van der Waals surface area contributed by atoms with E-state index in [9.17, 15) is 28.1 Å². The number of halogens is 3. The molecule has 0 spiro atoms. The number of aryl methyl sites for hydroxylation is 2. The molecule has 2 aromatic carbocycles. The fourth-order valence-corrected chi connectivity index (χ4v) is 3.35. The molecule has 0 radical (unpaired) electrons. The second kappa shape index (κ2) is 8.83. The number of nitrogens with zero attached hydrogens (tertiary/aromatic N) is 3. The molecule has 10 heteroatoms. The standard InChI is InChI=1S/C21H22F3N3O4/c1-14-3-5-17(11-15(14)2)31-13-20(28)26-9-7-25(8-10-26)18-6-4-16(21(22,23)24)12-19(18)27(29)30/h3-6,11-12H,7-10,13H2,1-2H3. The second-order valence-corrected chi connectivity index (χ2v) is 7.36. The van der Waals surface area contributed by atoms with Crippen LogP contribution in [0.3, 0.4) is 0 Å². The van der Waals surface area contributed by atoms with Crippen molar-refractivity contribution in [3.05, 3.63) is 63.2 Å². The third kappa shape index (κ3) is 5.25. The zero-order chi connectivity index (χ0) is 22.8. The van der Waals surface area contributed by atoms with Gasteiger partial charge in [-0.25, -0.2) is 0 Å². The number of nitro benzene ring substituents is 1. The molecule has 1 saturated heterocycles. The van der Waals surface area contributed by atoms with Crippen molar-refractivity contribution < 1.29 is 27.6 Å². The average Bonchev–Trinajstić information content (AvgIpc) is 2.73. The van der Waals surface area contributed by atoms with Gasteiger partial charge in [0.25, 0.3) is 11.6 Å². The van der Waals surface area contributed by atoms with Gasteiger partial charge in [-0.15, -0.1) is 0 Å². The summed E-state index contributed by atoms with van der Waals surface area (Å²) in [7, 11) is 0. The molecular weight excluding hydrogens is 415 g/mol. The number of piperazine rings is 1. The molecule has 3 rings (SSSR count). The summed E-state index contributed by atoms with van der Waals surface area (Å²) in [4.78, 5) is 26.1. The number of carbonyl (C=O) groups is 1. The molecule has 0 atom stereocenters. The van der Waals surface area contributed by atoms with Gasteiger partial charge in [0.05, 0.1) is 10.5 Å².